The molecule has 19 heteroatoms. The Morgan fingerprint density at radius 2 is 1.35 bits per heavy atom. The van der Waals surface area contributed by atoms with Crippen LogP contribution in [-0.2, 0) is 37.4 Å². The van der Waals surface area contributed by atoms with Gasteiger partial charge in [0.15, 0.2) is 30.0 Å². The van der Waals surface area contributed by atoms with Crippen molar-refractivity contribution in [1.29, 1.82) is 0 Å². The number of phosphoric acid groups is 1. The van der Waals surface area contributed by atoms with Gasteiger partial charge in [-0.05, 0) is 24.4 Å². The van der Waals surface area contributed by atoms with Gasteiger partial charge in [-0.2, -0.15) is 9.97 Å². The van der Waals surface area contributed by atoms with E-state index < -0.39 is 70.3 Å². The first-order chi connectivity index (χ1) is 28.5. The number of imidazole rings is 1. The zero-order valence-corrected chi connectivity index (χ0v) is 39.9. The van der Waals surface area contributed by atoms with Crippen molar-refractivity contribution in [2.24, 2.45) is 0 Å². The van der Waals surface area contributed by atoms with Crippen LogP contribution >= 0.6 is 19.4 Å². The third-order valence-corrected chi connectivity index (χ3v) is 11.6. The predicted molar refractivity (Wildman–Crippen MR) is 222 cm³/mol. The maximum atomic E-state index is 15.2. The van der Waals surface area contributed by atoms with E-state index in [1.165, 1.54) is 96.2 Å². The molecule has 0 aromatic carbocycles. The first kappa shape index (κ1) is 54.7. The fourth-order valence-corrected chi connectivity index (χ4v) is 7.95. The van der Waals surface area contributed by atoms with Crippen molar-refractivity contribution in [2.45, 2.75) is 199 Å². The van der Waals surface area contributed by atoms with Gasteiger partial charge in [0, 0.05) is 12.8 Å². The van der Waals surface area contributed by atoms with Crippen molar-refractivity contribution in [3.63, 3.8) is 0 Å². The molecular weight excluding hydrogens is 831 g/mol. The minimum absolute atomic E-state index is 0. The van der Waals surface area contributed by atoms with Gasteiger partial charge in [-0.3, -0.25) is 18.7 Å². The number of nitrogens with zero attached hydrogens (tertiary/aromatic N) is 4. The number of nitrogens with two attached hydrogens (primary N) is 1. The number of ether oxygens (including phenoxy) is 3. The summed E-state index contributed by atoms with van der Waals surface area (Å²) in [5.41, 5.74) is 6.01. The van der Waals surface area contributed by atoms with Crippen LogP contribution in [0.5, 0.6) is 0 Å². The van der Waals surface area contributed by atoms with Crippen molar-refractivity contribution < 1.29 is 81.4 Å². The van der Waals surface area contributed by atoms with Crippen LogP contribution in [0.25, 0.3) is 11.2 Å². The normalized spacial score (nSPS) is 19.2. The monoisotopic (exact) mass is 899 g/mol. The second-order valence-corrected chi connectivity index (χ2v) is 17.4. The molecule has 0 spiro atoms. The van der Waals surface area contributed by atoms with Crippen LogP contribution < -0.4 is 40.2 Å². The van der Waals surface area contributed by atoms with Gasteiger partial charge in [-0.1, -0.05) is 142 Å². The second-order valence-electron chi connectivity index (χ2n) is 15.6. The first-order valence-corrected chi connectivity index (χ1v) is 23.9. The van der Waals surface area contributed by atoms with E-state index >= 15 is 4.39 Å². The quantitative estimate of drug-likeness (QED) is 0.0271. The summed E-state index contributed by atoms with van der Waals surface area (Å²) < 4.78 is 55.7. The maximum Gasteiger partial charge on any atom is 1.00 e. The van der Waals surface area contributed by atoms with Gasteiger partial charge in [-0.15, -0.1) is 0 Å². The van der Waals surface area contributed by atoms with E-state index in [0.29, 0.717) is 12.8 Å². The SMILES string of the molecule is CCCCCCCCCCCCCC(=O)OCC(COP(=O)([O-])OC[C@H]1O[C@@H](n2cnc3c(N)nc(Cl)nc32)[C@@H](F)[C@@H]1O)OC(=O)CCCCCCCCCCCCC.[Na+]. The minimum Gasteiger partial charge on any atom is -0.756 e. The number of halogens is 2. The van der Waals surface area contributed by atoms with Crippen molar-refractivity contribution >= 4 is 48.3 Å². The molecule has 0 amide bonds. The molecule has 1 saturated heterocycles. The van der Waals surface area contributed by atoms with E-state index in [2.05, 4.69) is 28.8 Å². The number of esters is 2. The molecule has 6 atom stereocenters. The second kappa shape index (κ2) is 31.4. The molecule has 2 aromatic rings. The maximum absolute atomic E-state index is 15.2. The summed E-state index contributed by atoms with van der Waals surface area (Å²) in [7, 11) is -5.13. The Balaban J connectivity index is 0.0000124. The molecule has 1 aliphatic heterocycles. The van der Waals surface area contributed by atoms with Gasteiger partial charge in [0.2, 0.25) is 5.28 Å². The molecule has 1 fully saturated rings. The summed E-state index contributed by atoms with van der Waals surface area (Å²) in [6.45, 7) is 2.51. The molecule has 0 bridgehead atoms. The number of anilines is 1. The molecule has 3 rings (SSSR count). The van der Waals surface area contributed by atoms with Crippen LogP contribution in [-0.4, -0.2) is 80.9 Å². The fourth-order valence-electron chi connectivity index (χ4n) is 7.02. The molecule has 1 aliphatic rings. The van der Waals surface area contributed by atoms with Crippen LogP contribution in [0.4, 0.5) is 10.2 Å². The van der Waals surface area contributed by atoms with Gasteiger partial charge in [0.05, 0.1) is 19.5 Å². The summed E-state index contributed by atoms with van der Waals surface area (Å²) in [6, 6.07) is 0. The number of aliphatic hydroxyl groups excluding tert-OH is 1. The first-order valence-electron chi connectivity index (χ1n) is 22.0. The third kappa shape index (κ3) is 21.3. The number of phosphoric ester groups is 1. The Hall–Kier alpha value is -1.46. The molecule has 3 heterocycles. The number of aliphatic hydroxyl groups is 1. The number of fused-ring (bicyclic) bond motifs is 1. The Morgan fingerprint density at radius 1 is 0.850 bits per heavy atom. The molecule has 60 heavy (non-hydrogen) atoms. The Bertz CT molecular complexity index is 1550. The number of nitrogen functional groups attached to an aromatic ring is 1. The van der Waals surface area contributed by atoms with Crippen LogP contribution in [0.3, 0.4) is 0 Å². The van der Waals surface area contributed by atoms with Crippen molar-refractivity contribution in [2.75, 3.05) is 25.6 Å². The zero-order chi connectivity index (χ0) is 42.9. The van der Waals surface area contributed by atoms with Gasteiger partial charge in [0.25, 0.3) is 7.82 Å². The molecular formula is C41H69ClFN5NaO10P. The van der Waals surface area contributed by atoms with Crippen LogP contribution in [0, 0.1) is 0 Å². The Labute approximate surface area is 383 Å². The number of rotatable bonds is 34. The number of hydrogen-bond acceptors (Lipinski definition) is 14. The summed E-state index contributed by atoms with van der Waals surface area (Å²) >= 11 is 5.91. The van der Waals surface area contributed by atoms with Gasteiger partial charge >= 0.3 is 41.5 Å². The van der Waals surface area contributed by atoms with Crippen LogP contribution in [0.1, 0.15) is 174 Å². The van der Waals surface area contributed by atoms with E-state index in [4.69, 9.17) is 40.6 Å². The Kier molecular flexibility index (Phi) is 28.6. The number of hydrogen-bond donors (Lipinski definition) is 2. The summed E-state index contributed by atoms with van der Waals surface area (Å²) in [5, 5.41) is 10.3. The molecule has 0 radical (unpaired) electrons. The topological polar surface area (TPSA) is 210 Å². The minimum atomic E-state index is -5.13. The number of unbranched alkanes of at least 4 members (excludes halogenated alkanes) is 20. The van der Waals surface area contributed by atoms with Crippen molar-refractivity contribution in [1.82, 2.24) is 19.5 Å². The average molecular weight is 900 g/mol. The zero-order valence-electron chi connectivity index (χ0n) is 36.2. The van der Waals surface area contributed by atoms with Crippen molar-refractivity contribution in [3.05, 3.63) is 11.6 Å². The van der Waals surface area contributed by atoms with Crippen LogP contribution in [0.2, 0.25) is 5.28 Å². The number of carbonyl (C=O) groups is 2. The van der Waals surface area contributed by atoms with E-state index in [0.717, 1.165) is 43.1 Å². The number of carbonyl (C=O) groups excluding carboxylic acids is 2. The molecule has 2 aromatic heterocycles. The largest absolute Gasteiger partial charge is 1.00 e. The van der Waals surface area contributed by atoms with Gasteiger partial charge in [-0.25, -0.2) is 9.37 Å². The predicted octanol–water partition coefficient (Wildman–Crippen LogP) is 6.02. The van der Waals surface area contributed by atoms with Crippen molar-refractivity contribution in [3.8, 4) is 0 Å². The number of aromatic nitrogens is 4. The Morgan fingerprint density at radius 3 is 1.88 bits per heavy atom. The summed E-state index contributed by atoms with van der Waals surface area (Å²) in [6.07, 6.45) is 18.3. The van der Waals surface area contributed by atoms with Crippen LogP contribution in [0.15, 0.2) is 6.33 Å². The van der Waals surface area contributed by atoms with Gasteiger partial charge < -0.3 is 39.0 Å². The molecule has 0 saturated carbocycles. The van der Waals surface area contributed by atoms with E-state index in [1.54, 1.807) is 0 Å². The molecule has 2 unspecified atom stereocenters. The average Bonchev–Trinajstić information content (AvgIpc) is 3.75. The molecule has 338 valence electrons. The standard InChI is InChI=1S/C41H70ClFN5O10P.Na/c1-3-5-7-9-11-13-15-17-19-21-23-25-33(49)54-27-31(57-34(50)26-24-22-20-18-16-14-12-10-8-6-4-2)28-55-59(52,53)56-29-32-37(51)35(43)40(58-32)48-30-45-36-38(44)46-41(42)47-39(36)48;/h30-32,35,37,40,51H,3-29H2,1-2H3,(H,52,53)(H2,44,46,47);/q;+1/p-1/t31?,32-,35+,37-,40-;/m1./s1. The molecule has 3 N–H and O–H groups in total. The number of alkyl halides is 1. The molecule has 15 nitrogen and oxygen atoms in total. The summed E-state index contributed by atoms with van der Waals surface area (Å²) in [5.74, 6) is -1.10. The molecule has 0 aliphatic carbocycles. The fraction of sp³-hybridized carbons (Fsp3) is 0.829. The van der Waals surface area contributed by atoms with E-state index in [-0.39, 0.29) is 64.7 Å². The smallest absolute Gasteiger partial charge is 0.756 e. The summed E-state index contributed by atoms with van der Waals surface area (Å²) in [4.78, 5) is 50.0. The third-order valence-electron chi connectivity index (χ3n) is 10.5. The van der Waals surface area contributed by atoms with E-state index in [9.17, 15) is 24.2 Å². The van der Waals surface area contributed by atoms with Gasteiger partial charge in [0.1, 0.15) is 24.3 Å². The van der Waals surface area contributed by atoms with E-state index in [1.807, 2.05) is 0 Å².